The molecule has 1 saturated heterocycles. The van der Waals surface area contributed by atoms with E-state index < -0.39 is 0 Å². The monoisotopic (exact) mass is 345 g/mol. The van der Waals surface area contributed by atoms with Crippen LogP contribution in [0.15, 0.2) is 29.3 Å². The molecule has 1 aromatic rings. The lowest BCUT2D eigenvalue weighted by atomic mass is 10.1. The molecule has 6 nitrogen and oxygen atoms in total. The van der Waals surface area contributed by atoms with Gasteiger partial charge in [0, 0.05) is 39.8 Å². The number of hydrogen-bond donors (Lipinski definition) is 3. The third-order valence-electron chi connectivity index (χ3n) is 4.62. The minimum atomic E-state index is 0.0833. The highest BCUT2D eigenvalue weighted by molar-refractivity contribution is 5.80. The number of likely N-dealkylation sites (N-methyl/N-ethyl adjacent to an activating group) is 1. The lowest BCUT2D eigenvalue weighted by Crippen LogP contribution is -2.50. The van der Waals surface area contributed by atoms with Gasteiger partial charge < -0.3 is 16.0 Å². The van der Waals surface area contributed by atoms with Gasteiger partial charge in [-0.1, -0.05) is 29.8 Å². The highest BCUT2D eigenvalue weighted by Gasteiger charge is 2.21. The Morgan fingerprint density at radius 3 is 2.52 bits per heavy atom. The third kappa shape index (κ3) is 6.74. The molecule has 138 valence electrons. The molecule has 1 fully saturated rings. The molecule has 25 heavy (non-hydrogen) atoms. The number of nitrogens with zero attached hydrogens (tertiary/aromatic N) is 2. The van der Waals surface area contributed by atoms with Crippen LogP contribution >= 0.6 is 0 Å². The van der Waals surface area contributed by atoms with Crippen LogP contribution in [0.25, 0.3) is 0 Å². The van der Waals surface area contributed by atoms with Gasteiger partial charge in [-0.15, -0.1) is 0 Å². The number of piperidine rings is 1. The van der Waals surface area contributed by atoms with Crippen molar-refractivity contribution in [1.29, 1.82) is 0 Å². The van der Waals surface area contributed by atoms with Crippen LogP contribution in [-0.2, 0) is 11.2 Å². The van der Waals surface area contributed by atoms with E-state index in [0.29, 0.717) is 12.6 Å². The van der Waals surface area contributed by atoms with Crippen LogP contribution in [0, 0.1) is 6.92 Å². The van der Waals surface area contributed by atoms with E-state index in [2.05, 4.69) is 57.0 Å². The second-order valence-corrected chi connectivity index (χ2v) is 6.60. The number of rotatable bonds is 6. The van der Waals surface area contributed by atoms with Gasteiger partial charge in [-0.25, -0.2) is 0 Å². The molecule has 6 heteroatoms. The van der Waals surface area contributed by atoms with Crippen molar-refractivity contribution in [2.45, 2.75) is 32.2 Å². The van der Waals surface area contributed by atoms with Crippen LogP contribution in [0.1, 0.15) is 24.0 Å². The highest BCUT2D eigenvalue weighted by atomic mass is 16.1. The summed E-state index contributed by atoms with van der Waals surface area (Å²) >= 11 is 0. The fraction of sp³-hybridized carbons (Fsp3) is 0.579. The number of likely N-dealkylation sites (tertiary alicyclic amines) is 1. The fourth-order valence-electron chi connectivity index (χ4n) is 2.99. The molecule has 0 aliphatic carbocycles. The summed E-state index contributed by atoms with van der Waals surface area (Å²) in [5.74, 6) is 0.942. The van der Waals surface area contributed by atoms with E-state index in [-0.39, 0.29) is 5.91 Å². The fourth-order valence-corrected chi connectivity index (χ4v) is 2.99. The summed E-state index contributed by atoms with van der Waals surface area (Å²) in [5.41, 5.74) is 2.62. The van der Waals surface area contributed by atoms with Gasteiger partial charge in [-0.2, -0.15) is 0 Å². The number of aryl methyl sites for hydroxylation is 1. The maximum Gasteiger partial charge on any atom is 0.233 e. The summed E-state index contributed by atoms with van der Waals surface area (Å²) < 4.78 is 0. The number of aliphatic imine (C=N–C) groups is 1. The first kappa shape index (κ1) is 19.2. The molecular weight excluding hydrogens is 314 g/mol. The largest absolute Gasteiger partial charge is 0.358 e. The van der Waals surface area contributed by atoms with Crippen molar-refractivity contribution in [3.8, 4) is 0 Å². The Kier molecular flexibility index (Phi) is 7.73. The number of hydrogen-bond acceptors (Lipinski definition) is 3. The maximum absolute atomic E-state index is 11.4. The molecule has 0 unspecified atom stereocenters. The predicted octanol–water partition coefficient (Wildman–Crippen LogP) is 0.913. The number of benzene rings is 1. The Labute approximate surface area is 151 Å². The molecule has 2 rings (SSSR count). The van der Waals surface area contributed by atoms with Gasteiger partial charge in [0.05, 0.1) is 6.54 Å². The predicted molar refractivity (Wildman–Crippen MR) is 103 cm³/mol. The number of carbonyl (C=O) groups is 1. The van der Waals surface area contributed by atoms with E-state index >= 15 is 0 Å². The van der Waals surface area contributed by atoms with Crippen LogP contribution in [0.5, 0.6) is 0 Å². The SMILES string of the molecule is CN=C(NCCc1ccc(C)cc1)NC1CCN(CC(=O)NC)CC1. The first-order chi connectivity index (χ1) is 12.1. The van der Waals surface area contributed by atoms with Crippen molar-refractivity contribution in [3.63, 3.8) is 0 Å². The van der Waals surface area contributed by atoms with Crippen LogP contribution in [0.2, 0.25) is 0 Å². The second-order valence-electron chi connectivity index (χ2n) is 6.60. The van der Waals surface area contributed by atoms with Gasteiger partial charge in [0.1, 0.15) is 0 Å². The molecule has 1 aromatic carbocycles. The van der Waals surface area contributed by atoms with Gasteiger partial charge >= 0.3 is 0 Å². The van der Waals surface area contributed by atoms with E-state index in [1.807, 2.05) is 7.05 Å². The number of guanidine groups is 1. The smallest absolute Gasteiger partial charge is 0.233 e. The normalized spacial score (nSPS) is 16.5. The summed E-state index contributed by atoms with van der Waals surface area (Å²) in [7, 11) is 3.49. The van der Waals surface area contributed by atoms with E-state index in [0.717, 1.165) is 44.9 Å². The molecule has 1 aliphatic rings. The van der Waals surface area contributed by atoms with Crippen LogP contribution in [0.4, 0.5) is 0 Å². The zero-order valence-corrected chi connectivity index (χ0v) is 15.6. The molecule has 1 heterocycles. The molecule has 0 bridgehead atoms. The van der Waals surface area contributed by atoms with Gasteiger partial charge in [-0.3, -0.25) is 14.7 Å². The van der Waals surface area contributed by atoms with E-state index in [9.17, 15) is 4.79 Å². The summed E-state index contributed by atoms with van der Waals surface area (Å²) in [6.07, 6.45) is 3.02. The third-order valence-corrected chi connectivity index (χ3v) is 4.62. The Bertz CT molecular complexity index is 562. The quantitative estimate of drug-likeness (QED) is 0.530. The molecule has 0 atom stereocenters. The summed E-state index contributed by atoms with van der Waals surface area (Å²) in [4.78, 5) is 18.0. The summed E-state index contributed by atoms with van der Waals surface area (Å²) in [5, 5.41) is 9.57. The van der Waals surface area contributed by atoms with Crippen molar-refractivity contribution in [2.24, 2.45) is 4.99 Å². The second kappa shape index (κ2) is 10.0. The maximum atomic E-state index is 11.4. The van der Waals surface area contributed by atoms with Crippen LogP contribution in [0.3, 0.4) is 0 Å². The Balaban J connectivity index is 1.68. The van der Waals surface area contributed by atoms with Gasteiger partial charge in [0.15, 0.2) is 5.96 Å². The summed E-state index contributed by atoms with van der Waals surface area (Å²) in [6.45, 7) is 5.33. The average molecular weight is 345 g/mol. The van der Waals surface area contributed by atoms with Crippen molar-refractivity contribution in [1.82, 2.24) is 20.9 Å². The van der Waals surface area contributed by atoms with Crippen LogP contribution in [-0.4, -0.2) is 63.1 Å². The van der Waals surface area contributed by atoms with Crippen molar-refractivity contribution in [3.05, 3.63) is 35.4 Å². The number of amides is 1. The van der Waals surface area contributed by atoms with E-state index in [1.165, 1.54) is 11.1 Å². The van der Waals surface area contributed by atoms with E-state index in [1.54, 1.807) is 7.05 Å². The van der Waals surface area contributed by atoms with Gasteiger partial charge in [0.2, 0.25) is 5.91 Å². The standard InChI is InChI=1S/C19H31N5O/c1-15-4-6-16(7-5-15)8-11-22-19(21-3)23-17-9-12-24(13-10-17)14-18(25)20-2/h4-7,17H,8-14H2,1-3H3,(H,20,25)(H2,21,22,23). The molecule has 0 spiro atoms. The molecule has 0 aromatic heterocycles. The number of carbonyl (C=O) groups excluding carboxylic acids is 1. The number of nitrogens with one attached hydrogen (secondary N) is 3. The zero-order valence-electron chi connectivity index (χ0n) is 15.6. The topological polar surface area (TPSA) is 68.8 Å². The molecule has 0 saturated carbocycles. The van der Waals surface area contributed by atoms with Gasteiger partial charge in [-0.05, 0) is 31.7 Å². The minimum Gasteiger partial charge on any atom is -0.358 e. The Morgan fingerprint density at radius 2 is 1.92 bits per heavy atom. The Hall–Kier alpha value is -2.08. The lowest BCUT2D eigenvalue weighted by molar-refractivity contribution is -0.122. The molecule has 0 radical (unpaired) electrons. The van der Waals surface area contributed by atoms with Crippen LogP contribution < -0.4 is 16.0 Å². The molecular formula is C19H31N5O. The Morgan fingerprint density at radius 1 is 1.24 bits per heavy atom. The van der Waals surface area contributed by atoms with E-state index in [4.69, 9.17) is 0 Å². The molecule has 3 N–H and O–H groups in total. The molecule has 1 aliphatic heterocycles. The van der Waals surface area contributed by atoms with Crippen molar-refractivity contribution >= 4 is 11.9 Å². The first-order valence-corrected chi connectivity index (χ1v) is 9.06. The highest BCUT2D eigenvalue weighted by Crippen LogP contribution is 2.09. The first-order valence-electron chi connectivity index (χ1n) is 9.06. The lowest BCUT2D eigenvalue weighted by Gasteiger charge is -2.32. The molecule has 1 amide bonds. The zero-order chi connectivity index (χ0) is 18.1. The van der Waals surface area contributed by atoms with Gasteiger partial charge in [0.25, 0.3) is 0 Å². The minimum absolute atomic E-state index is 0.0833. The average Bonchev–Trinajstić information content (AvgIpc) is 2.63. The van der Waals surface area contributed by atoms with Crippen molar-refractivity contribution in [2.75, 3.05) is 40.3 Å². The summed E-state index contributed by atoms with van der Waals surface area (Å²) in [6, 6.07) is 9.06. The van der Waals surface area contributed by atoms with Crippen molar-refractivity contribution < 1.29 is 4.79 Å².